The molecular weight excluding hydrogens is 100 g/mol. The Morgan fingerprint density at radius 3 is 2.12 bits per heavy atom. The van der Waals surface area contributed by atoms with Gasteiger partial charge in [-0.05, 0) is 18.4 Å². The zero-order valence-electron chi connectivity index (χ0n) is 5.44. The molecular formula is C7H12O. The highest BCUT2D eigenvalue weighted by Crippen LogP contribution is 2.32. The van der Waals surface area contributed by atoms with Gasteiger partial charge in [-0.2, -0.15) is 0 Å². The Labute approximate surface area is 50.0 Å². The minimum absolute atomic E-state index is 0.340. The molecule has 1 N–H and O–H groups in total. The molecule has 1 saturated carbocycles. The van der Waals surface area contributed by atoms with Crippen LogP contribution in [0.3, 0.4) is 0 Å². The normalized spacial score (nSPS) is 17.1. The van der Waals surface area contributed by atoms with Crippen molar-refractivity contribution in [1.82, 2.24) is 0 Å². The topological polar surface area (TPSA) is 20.2 Å². The van der Waals surface area contributed by atoms with Crippen molar-refractivity contribution in [1.29, 1.82) is 0 Å². The molecule has 1 fully saturated rings. The van der Waals surface area contributed by atoms with Gasteiger partial charge in [-0.3, -0.25) is 0 Å². The number of allylic oxidation sites excluding steroid dienone is 2. The van der Waals surface area contributed by atoms with Crippen LogP contribution >= 0.6 is 0 Å². The van der Waals surface area contributed by atoms with Gasteiger partial charge in [0.1, 0.15) is 0 Å². The molecule has 1 rings (SSSR count). The van der Waals surface area contributed by atoms with Crippen LogP contribution in [0.5, 0.6) is 0 Å². The van der Waals surface area contributed by atoms with Gasteiger partial charge >= 0.3 is 0 Å². The smallest absolute Gasteiger partial charge is 0.0940 e. The summed E-state index contributed by atoms with van der Waals surface area (Å²) in [5, 5.41) is 9.15. The first-order chi connectivity index (χ1) is 3.72. The molecule has 1 aliphatic carbocycles. The molecule has 0 atom stereocenters. The minimum Gasteiger partial charge on any atom is -0.512 e. The largest absolute Gasteiger partial charge is 0.512 e. The number of aliphatic hydroxyl groups excluding tert-OH is 1. The van der Waals surface area contributed by atoms with Gasteiger partial charge in [0.15, 0.2) is 0 Å². The van der Waals surface area contributed by atoms with E-state index in [0.29, 0.717) is 11.7 Å². The Hall–Kier alpha value is -0.460. The predicted octanol–water partition coefficient (Wildman–Crippen LogP) is 2.25. The molecule has 0 aromatic rings. The lowest BCUT2D eigenvalue weighted by molar-refractivity contribution is 0.349. The van der Waals surface area contributed by atoms with Crippen LogP contribution in [0.2, 0.25) is 0 Å². The Kier molecular flexibility index (Phi) is 1.28. The number of aliphatic hydroxyl groups is 1. The maximum Gasteiger partial charge on any atom is 0.0940 e. The van der Waals surface area contributed by atoms with Crippen LogP contribution in [0.1, 0.15) is 26.7 Å². The zero-order valence-corrected chi connectivity index (χ0v) is 5.44. The first kappa shape index (κ1) is 5.67. The molecule has 0 heterocycles. The highest BCUT2D eigenvalue weighted by atomic mass is 16.3. The van der Waals surface area contributed by atoms with Crippen molar-refractivity contribution in [2.45, 2.75) is 26.7 Å². The second-order valence-electron chi connectivity index (χ2n) is 2.64. The highest BCUT2D eigenvalue weighted by molar-refractivity contribution is 5.21. The van der Waals surface area contributed by atoms with Crippen molar-refractivity contribution >= 4 is 0 Å². The lowest BCUT2D eigenvalue weighted by atomic mass is 10.1. The van der Waals surface area contributed by atoms with E-state index in [9.17, 15) is 0 Å². The summed E-state index contributed by atoms with van der Waals surface area (Å²) in [6.07, 6.45) is 2.26. The van der Waals surface area contributed by atoms with Gasteiger partial charge < -0.3 is 5.11 Å². The molecule has 0 aliphatic heterocycles. The van der Waals surface area contributed by atoms with Gasteiger partial charge in [0.25, 0.3) is 0 Å². The Bertz CT molecular complexity index is 116. The standard InChI is InChI=1S/C7H12O/c1-5(2)7(8)6-3-4-6/h5,8H,3-4H2,1-2H3. The molecule has 46 valence electrons. The van der Waals surface area contributed by atoms with E-state index >= 15 is 0 Å². The van der Waals surface area contributed by atoms with Crippen molar-refractivity contribution in [3.63, 3.8) is 0 Å². The minimum atomic E-state index is 0.340. The molecule has 0 unspecified atom stereocenters. The number of rotatable bonds is 1. The maximum atomic E-state index is 9.15. The molecule has 0 amide bonds. The summed E-state index contributed by atoms with van der Waals surface area (Å²) in [5.74, 6) is 0.970. The molecule has 0 spiro atoms. The average molecular weight is 112 g/mol. The van der Waals surface area contributed by atoms with Gasteiger partial charge in [-0.15, -0.1) is 0 Å². The van der Waals surface area contributed by atoms with E-state index in [1.165, 1.54) is 5.57 Å². The molecule has 1 aliphatic rings. The first-order valence-corrected chi connectivity index (χ1v) is 3.12. The van der Waals surface area contributed by atoms with Crippen LogP contribution in [0.4, 0.5) is 0 Å². The third-order valence-electron chi connectivity index (χ3n) is 1.41. The van der Waals surface area contributed by atoms with Crippen LogP contribution in [0, 0.1) is 5.92 Å². The van der Waals surface area contributed by atoms with E-state index in [1.807, 2.05) is 13.8 Å². The number of hydrogen-bond acceptors (Lipinski definition) is 1. The third kappa shape index (κ3) is 1.03. The fourth-order valence-corrected chi connectivity index (χ4v) is 0.727. The van der Waals surface area contributed by atoms with Crippen LogP contribution in [-0.4, -0.2) is 5.11 Å². The van der Waals surface area contributed by atoms with Crippen LogP contribution < -0.4 is 0 Å². The fourth-order valence-electron chi connectivity index (χ4n) is 0.727. The van der Waals surface area contributed by atoms with E-state index in [2.05, 4.69) is 0 Å². The van der Waals surface area contributed by atoms with Crippen LogP contribution in [0.25, 0.3) is 0 Å². The lowest BCUT2D eigenvalue weighted by Crippen LogP contribution is -1.90. The third-order valence-corrected chi connectivity index (χ3v) is 1.41. The molecule has 1 nitrogen and oxygen atoms in total. The quantitative estimate of drug-likeness (QED) is 0.516. The Morgan fingerprint density at radius 1 is 1.50 bits per heavy atom. The van der Waals surface area contributed by atoms with Gasteiger partial charge in [0, 0.05) is 5.92 Å². The van der Waals surface area contributed by atoms with E-state index in [-0.39, 0.29) is 0 Å². The molecule has 1 heteroatoms. The summed E-state index contributed by atoms with van der Waals surface area (Å²) in [6, 6.07) is 0. The summed E-state index contributed by atoms with van der Waals surface area (Å²) >= 11 is 0. The molecule has 8 heavy (non-hydrogen) atoms. The first-order valence-electron chi connectivity index (χ1n) is 3.12. The summed E-state index contributed by atoms with van der Waals surface area (Å²) in [6.45, 7) is 4.03. The Morgan fingerprint density at radius 2 is 2.00 bits per heavy atom. The van der Waals surface area contributed by atoms with E-state index in [4.69, 9.17) is 5.11 Å². The molecule has 0 radical (unpaired) electrons. The molecule has 0 saturated heterocycles. The van der Waals surface area contributed by atoms with Crippen molar-refractivity contribution in [2.24, 2.45) is 5.92 Å². The van der Waals surface area contributed by atoms with E-state index in [0.717, 1.165) is 12.8 Å². The van der Waals surface area contributed by atoms with Gasteiger partial charge in [0.05, 0.1) is 5.76 Å². The highest BCUT2D eigenvalue weighted by Gasteiger charge is 2.18. The predicted molar refractivity (Wildman–Crippen MR) is 33.7 cm³/mol. The van der Waals surface area contributed by atoms with Gasteiger partial charge in [-0.25, -0.2) is 0 Å². The summed E-state index contributed by atoms with van der Waals surface area (Å²) in [7, 11) is 0. The molecule has 0 bridgehead atoms. The van der Waals surface area contributed by atoms with Gasteiger partial charge in [-0.1, -0.05) is 13.8 Å². The SMILES string of the molecule is CC(C)C(O)=C1CC1. The van der Waals surface area contributed by atoms with Crippen molar-refractivity contribution in [3.05, 3.63) is 11.3 Å². The summed E-state index contributed by atoms with van der Waals surface area (Å²) in [4.78, 5) is 0. The van der Waals surface area contributed by atoms with Crippen LogP contribution in [-0.2, 0) is 0 Å². The Balaban J connectivity index is 2.56. The summed E-state index contributed by atoms with van der Waals surface area (Å²) < 4.78 is 0. The second kappa shape index (κ2) is 1.81. The summed E-state index contributed by atoms with van der Waals surface area (Å²) in [5.41, 5.74) is 1.26. The second-order valence-corrected chi connectivity index (χ2v) is 2.64. The fraction of sp³-hybridized carbons (Fsp3) is 0.714. The van der Waals surface area contributed by atoms with Crippen molar-refractivity contribution < 1.29 is 5.11 Å². The van der Waals surface area contributed by atoms with Gasteiger partial charge in [0.2, 0.25) is 0 Å². The van der Waals surface area contributed by atoms with E-state index < -0.39 is 0 Å². The zero-order chi connectivity index (χ0) is 6.15. The van der Waals surface area contributed by atoms with Crippen LogP contribution in [0.15, 0.2) is 11.3 Å². The maximum absolute atomic E-state index is 9.15. The lowest BCUT2D eigenvalue weighted by Gasteiger charge is -1.99. The average Bonchev–Trinajstić information content (AvgIpc) is 2.43. The number of hydrogen-bond donors (Lipinski definition) is 1. The molecule has 0 aromatic heterocycles. The molecule has 0 aromatic carbocycles. The monoisotopic (exact) mass is 112 g/mol. The van der Waals surface area contributed by atoms with Crippen molar-refractivity contribution in [3.8, 4) is 0 Å². The van der Waals surface area contributed by atoms with E-state index in [1.54, 1.807) is 0 Å². The van der Waals surface area contributed by atoms with Crippen molar-refractivity contribution in [2.75, 3.05) is 0 Å².